The minimum atomic E-state index is 0.428. The molecule has 1 aliphatic carbocycles. The van der Waals surface area contributed by atoms with Gasteiger partial charge in [0.25, 0.3) is 0 Å². The third-order valence-electron chi connectivity index (χ3n) is 5.03. The van der Waals surface area contributed by atoms with Crippen molar-refractivity contribution in [2.24, 2.45) is 5.41 Å². The zero-order chi connectivity index (χ0) is 13.7. The van der Waals surface area contributed by atoms with Crippen LogP contribution in [0.3, 0.4) is 0 Å². The summed E-state index contributed by atoms with van der Waals surface area (Å²) < 4.78 is 5.94. The largest absolute Gasteiger partial charge is 0.375 e. The molecule has 2 atom stereocenters. The van der Waals surface area contributed by atoms with Gasteiger partial charge in [-0.05, 0) is 43.3 Å². The van der Waals surface area contributed by atoms with Gasteiger partial charge in [0.15, 0.2) is 0 Å². The average Bonchev–Trinajstić information content (AvgIpc) is 2.88. The molecular formula is C16H31NOS. The fourth-order valence-electron chi connectivity index (χ4n) is 4.18. The molecule has 0 N–H and O–H groups in total. The lowest BCUT2D eigenvalue weighted by atomic mass is 9.80. The van der Waals surface area contributed by atoms with E-state index in [1.165, 1.54) is 51.5 Å². The van der Waals surface area contributed by atoms with Crippen LogP contribution in [0.5, 0.6) is 0 Å². The lowest BCUT2D eigenvalue weighted by Gasteiger charge is -2.44. The first-order valence-corrected chi connectivity index (χ1v) is 8.84. The fraction of sp³-hybridized carbons (Fsp3) is 1.00. The molecule has 2 rings (SSSR count). The molecule has 1 saturated carbocycles. The SMILES string of the molecule is CCCC(CS)(CCC)CN1CCOC2CCCC21. The van der Waals surface area contributed by atoms with E-state index in [1.807, 2.05) is 0 Å². The summed E-state index contributed by atoms with van der Waals surface area (Å²) in [4.78, 5) is 2.74. The highest BCUT2D eigenvalue weighted by molar-refractivity contribution is 7.80. The van der Waals surface area contributed by atoms with Crippen molar-refractivity contribution in [3.63, 3.8) is 0 Å². The highest BCUT2D eigenvalue weighted by Gasteiger charge is 2.39. The van der Waals surface area contributed by atoms with E-state index in [4.69, 9.17) is 17.4 Å². The zero-order valence-corrected chi connectivity index (χ0v) is 13.6. The number of morpholine rings is 1. The van der Waals surface area contributed by atoms with Crippen LogP contribution in [-0.4, -0.2) is 42.5 Å². The summed E-state index contributed by atoms with van der Waals surface area (Å²) in [7, 11) is 0. The van der Waals surface area contributed by atoms with E-state index >= 15 is 0 Å². The Morgan fingerprint density at radius 3 is 2.58 bits per heavy atom. The zero-order valence-electron chi connectivity index (χ0n) is 12.7. The van der Waals surface area contributed by atoms with Crippen LogP contribution in [-0.2, 0) is 4.74 Å². The van der Waals surface area contributed by atoms with Gasteiger partial charge in [-0.2, -0.15) is 12.6 Å². The van der Waals surface area contributed by atoms with Crippen molar-refractivity contribution >= 4 is 12.6 Å². The molecule has 112 valence electrons. The van der Waals surface area contributed by atoms with Gasteiger partial charge >= 0.3 is 0 Å². The molecule has 0 amide bonds. The molecule has 2 nitrogen and oxygen atoms in total. The Morgan fingerprint density at radius 1 is 1.21 bits per heavy atom. The molecule has 2 unspecified atom stereocenters. The molecule has 0 aromatic rings. The second-order valence-corrected chi connectivity index (χ2v) is 6.85. The summed E-state index contributed by atoms with van der Waals surface area (Å²) in [5, 5.41) is 0. The van der Waals surface area contributed by atoms with Crippen molar-refractivity contribution in [3.8, 4) is 0 Å². The standard InChI is InChI=1S/C16H31NOS/c1-3-8-16(13-19,9-4-2)12-17-10-11-18-15-7-5-6-14(15)17/h14-15,19H,3-13H2,1-2H3. The monoisotopic (exact) mass is 285 g/mol. The number of rotatable bonds is 7. The van der Waals surface area contributed by atoms with Crippen molar-refractivity contribution in [1.82, 2.24) is 4.90 Å². The molecule has 1 saturated heterocycles. The first kappa shape index (κ1) is 15.7. The van der Waals surface area contributed by atoms with E-state index < -0.39 is 0 Å². The molecule has 3 heteroatoms. The van der Waals surface area contributed by atoms with Crippen LogP contribution in [0.15, 0.2) is 0 Å². The average molecular weight is 285 g/mol. The van der Waals surface area contributed by atoms with E-state index in [-0.39, 0.29) is 0 Å². The van der Waals surface area contributed by atoms with Crippen LogP contribution in [0.25, 0.3) is 0 Å². The molecule has 0 aromatic carbocycles. The van der Waals surface area contributed by atoms with Crippen LogP contribution in [0, 0.1) is 5.41 Å². The molecule has 0 aromatic heterocycles. The Morgan fingerprint density at radius 2 is 1.95 bits per heavy atom. The van der Waals surface area contributed by atoms with Gasteiger partial charge in [-0.3, -0.25) is 4.90 Å². The Labute approximate surface area is 124 Å². The van der Waals surface area contributed by atoms with Gasteiger partial charge in [0.1, 0.15) is 0 Å². The molecule has 19 heavy (non-hydrogen) atoms. The third-order valence-corrected chi connectivity index (χ3v) is 5.70. The number of nitrogens with zero attached hydrogens (tertiary/aromatic N) is 1. The summed E-state index contributed by atoms with van der Waals surface area (Å²) in [6.07, 6.45) is 9.68. The summed E-state index contributed by atoms with van der Waals surface area (Å²) in [5.74, 6) is 1.03. The van der Waals surface area contributed by atoms with Gasteiger partial charge in [0, 0.05) is 19.1 Å². The Kier molecular flexibility index (Phi) is 6.04. The topological polar surface area (TPSA) is 12.5 Å². The minimum absolute atomic E-state index is 0.428. The Balaban J connectivity index is 2.02. The normalized spacial score (nSPS) is 28.6. The molecule has 0 spiro atoms. The number of fused-ring (bicyclic) bond motifs is 1. The number of ether oxygens (including phenoxy) is 1. The molecule has 2 fully saturated rings. The summed E-state index contributed by atoms with van der Waals surface area (Å²) in [5.41, 5.74) is 0.428. The maximum atomic E-state index is 5.94. The first-order valence-electron chi connectivity index (χ1n) is 8.21. The Hall–Kier alpha value is 0.270. The molecule has 0 bridgehead atoms. The van der Waals surface area contributed by atoms with Gasteiger partial charge < -0.3 is 4.74 Å². The second kappa shape index (κ2) is 7.33. The molecule has 2 aliphatic rings. The lowest BCUT2D eigenvalue weighted by Crippen LogP contribution is -2.52. The van der Waals surface area contributed by atoms with Crippen molar-refractivity contribution in [2.45, 2.75) is 70.9 Å². The van der Waals surface area contributed by atoms with E-state index in [1.54, 1.807) is 0 Å². The first-order chi connectivity index (χ1) is 9.24. The molecule has 0 radical (unpaired) electrons. The summed E-state index contributed by atoms with van der Waals surface area (Å²) >= 11 is 4.71. The van der Waals surface area contributed by atoms with Gasteiger partial charge in [-0.1, -0.05) is 26.7 Å². The summed E-state index contributed by atoms with van der Waals surface area (Å²) in [6, 6.07) is 0.696. The number of hydrogen-bond donors (Lipinski definition) is 1. The van der Waals surface area contributed by atoms with E-state index in [2.05, 4.69) is 18.7 Å². The van der Waals surface area contributed by atoms with Gasteiger partial charge in [-0.25, -0.2) is 0 Å². The lowest BCUT2D eigenvalue weighted by molar-refractivity contribution is -0.0683. The Bertz CT molecular complexity index is 265. The van der Waals surface area contributed by atoms with Gasteiger partial charge in [0.05, 0.1) is 12.7 Å². The second-order valence-electron chi connectivity index (χ2n) is 6.54. The van der Waals surface area contributed by atoms with Crippen molar-refractivity contribution in [2.75, 3.05) is 25.4 Å². The maximum absolute atomic E-state index is 5.94. The van der Waals surface area contributed by atoms with Crippen LogP contribution >= 0.6 is 12.6 Å². The van der Waals surface area contributed by atoms with E-state index in [9.17, 15) is 0 Å². The molecule has 1 heterocycles. The van der Waals surface area contributed by atoms with E-state index in [0.29, 0.717) is 17.6 Å². The summed E-state index contributed by atoms with van der Waals surface area (Å²) in [6.45, 7) is 7.92. The predicted molar refractivity (Wildman–Crippen MR) is 85.1 cm³/mol. The smallest absolute Gasteiger partial charge is 0.0730 e. The maximum Gasteiger partial charge on any atom is 0.0730 e. The molecule has 1 aliphatic heterocycles. The number of hydrogen-bond acceptors (Lipinski definition) is 3. The van der Waals surface area contributed by atoms with Gasteiger partial charge in [0.2, 0.25) is 0 Å². The highest BCUT2D eigenvalue weighted by Crippen LogP contribution is 2.37. The highest BCUT2D eigenvalue weighted by atomic mass is 32.1. The van der Waals surface area contributed by atoms with E-state index in [0.717, 1.165) is 18.9 Å². The molecular weight excluding hydrogens is 254 g/mol. The van der Waals surface area contributed by atoms with Crippen LogP contribution in [0.2, 0.25) is 0 Å². The van der Waals surface area contributed by atoms with Crippen molar-refractivity contribution in [3.05, 3.63) is 0 Å². The van der Waals surface area contributed by atoms with Crippen molar-refractivity contribution in [1.29, 1.82) is 0 Å². The fourth-order valence-corrected chi connectivity index (χ4v) is 4.60. The van der Waals surface area contributed by atoms with Crippen LogP contribution in [0.4, 0.5) is 0 Å². The van der Waals surface area contributed by atoms with Gasteiger partial charge in [-0.15, -0.1) is 0 Å². The minimum Gasteiger partial charge on any atom is -0.375 e. The predicted octanol–water partition coefficient (Wildman–Crippen LogP) is 3.76. The van der Waals surface area contributed by atoms with Crippen LogP contribution in [0.1, 0.15) is 58.8 Å². The van der Waals surface area contributed by atoms with Crippen molar-refractivity contribution < 1.29 is 4.74 Å². The van der Waals surface area contributed by atoms with Crippen LogP contribution < -0.4 is 0 Å². The third kappa shape index (κ3) is 3.68. The number of thiol groups is 1. The quantitative estimate of drug-likeness (QED) is 0.715.